The van der Waals surface area contributed by atoms with E-state index >= 15 is 0 Å². The smallest absolute Gasteiger partial charge is 1.00 e. The summed E-state index contributed by atoms with van der Waals surface area (Å²) in [6, 6.07) is 22.7. The van der Waals surface area contributed by atoms with Gasteiger partial charge in [-0.15, -0.1) is 47.0 Å². The zero-order valence-corrected chi connectivity index (χ0v) is 17.6. The van der Waals surface area contributed by atoms with Crippen LogP contribution in [0, 0.1) is 12.1 Å². The van der Waals surface area contributed by atoms with Crippen molar-refractivity contribution in [2.45, 2.75) is 12.8 Å². The van der Waals surface area contributed by atoms with Gasteiger partial charge in [0.25, 0.3) is 0 Å². The summed E-state index contributed by atoms with van der Waals surface area (Å²) in [5.74, 6) is 0. The van der Waals surface area contributed by atoms with Crippen molar-refractivity contribution in [2.24, 2.45) is 0 Å². The third-order valence-corrected chi connectivity index (χ3v) is 4.21. The van der Waals surface area contributed by atoms with E-state index in [0.717, 1.165) is 12.8 Å². The molecular weight excluding hydrogens is 426 g/mol. The normalized spacial score (nSPS) is 12.0. The third-order valence-electron chi connectivity index (χ3n) is 4.21. The van der Waals surface area contributed by atoms with Crippen LogP contribution < -0.4 is 24.8 Å². The van der Waals surface area contributed by atoms with Crippen LogP contribution in [0.4, 0.5) is 0 Å². The van der Waals surface area contributed by atoms with Crippen molar-refractivity contribution in [2.75, 3.05) is 0 Å². The topological polar surface area (TPSA) is 0 Å². The molecule has 25 heavy (non-hydrogen) atoms. The monoisotopic (exact) mass is 440 g/mol. The Balaban J connectivity index is 0.000000344. The molecule has 0 heterocycles. The standard InChI is InChI=1S/C17H11.C5H5.2ClH.Zr/c1-3-7-14-12(5-1)9-10-16-15-8-4-2-6-13(15)11-17(14)16;1-2-4-5-3-1;;;/h1-6,8-10H,11H2;1-3H,4H2;2*1H;/q2*-1;;;+4/p-2. The molecule has 0 spiro atoms. The molecule has 0 saturated carbocycles. The van der Waals surface area contributed by atoms with Crippen LogP contribution in [0.25, 0.3) is 21.9 Å². The molecule has 2 aliphatic rings. The maximum absolute atomic E-state index is 3.39. The first kappa shape index (κ1) is 21.9. The molecule has 0 unspecified atom stereocenters. The fourth-order valence-electron chi connectivity index (χ4n) is 3.16. The predicted octanol–water partition coefficient (Wildman–Crippen LogP) is -0.478. The molecule has 5 rings (SSSR count). The van der Waals surface area contributed by atoms with Gasteiger partial charge in [-0.25, -0.2) is 12.2 Å². The van der Waals surface area contributed by atoms with Gasteiger partial charge in [0.2, 0.25) is 0 Å². The summed E-state index contributed by atoms with van der Waals surface area (Å²) in [5, 5.41) is 2.57. The molecule has 0 aromatic heterocycles. The van der Waals surface area contributed by atoms with Crippen LogP contribution in [0.15, 0.2) is 72.8 Å². The Labute approximate surface area is 181 Å². The first-order valence-electron chi connectivity index (χ1n) is 7.66. The molecule has 0 nitrogen and oxygen atoms in total. The fourth-order valence-corrected chi connectivity index (χ4v) is 3.16. The zero-order chi connectivity index (χ0) is 14.8. The Morgan fingerprint density at radius 1 is 0.840 bits per heavy atom. The van der Waals surface area contributed by atoms with E-state index in [9.17, 15) is 0 Å². The minimum atomic E-state index is 0. The average molecular weight is 443 g/mol. The van der Waals surface area contributed by atoms with Crippen LogP contribution in [0.2, 0.25) is 0 Å². The summed E-state index contributed by atoms with van der Waals surface area (Å²) in [6.07, 6.45) is 11.0. The molecule has 0 radical (unpaired) electrons. The Kier molecular flexibility index (Phi) is 8.87. The summed E-state index contributed by atoms with van der Waals surface area (Å²) in [5.41, 5.74) is 5.65. The van der Waals surface area contributed by atoms with Crippen molar-refractivity contribution in [3.8, 4) is 11.1 Å². The zero-order valence-electron chi connectivity index (χ0n) is 13.6. The second-order valence-electron chi connectivity index (χ2n) is 5.56. The minimum Gasteiger partial charge on any atom is -1.00 e. The van der Waals surface area contributed by atoms with Crippen molar-refractivity contribution in [1.82, 2.24) is 0 Å². The van der Waals surface area contributed by atoms with Gasteiger partial charge in [0, 0.05) is 0 Å². The summed E-state index contributed by atoms with van der Waals surface area (Å²) < 4.78 is 0. The van der Waals surface area contributed by atoms with Crippen molar-refractivity contribution in [1.29, 1.82) is 0 Å². The molecule has 0 N–H and O–H groups in total. The number of benzene rings is 3. The van der Waals surface area contributed by atoms with Crippen molar-refractivity contribution >= 4 is 10.8 Å². The number of fused-ring (bicyclic) bond motifs is 5. The fraction of sp³-hybridized carbons (Fsp3) is 0.0909. The van der Waals surface area contributed by atoms with Gasteiger partial charge in [-0.1, -0.05) is 42.0 Å². The maximum atomic E-state index is 3.39. The molecule has 3 aromatic rings. The second kappa shape index (κ2) is 10.1. The van der Waals surface area contributed by atoms with E-state index in [1.54, 1.807) is 0 Å². The second-order valence-corrected chi connectivity index (χ2v) is 5.56. The largest absolute Gasteiger partial charge is 4.00 e. The first-order valence-corrected chi connectivity index (χ1v) is 7.66. The van der Waals surface area contributed by atoms with E-state index in [4.69, 9.17) is 0 Å². The summed E-state index contributed by atoms with van der Waals surface area (Å²) in [4.78, 5) is 0. The number of allylic oxidation sites excluding steroid dienone is 4. The van der Waals surface area contributed by atoms with Gasteiger partial charge in [-0.05, 0) is 17.5 Å². The van der Waals surface area contributed by atoms with Gasteiger partial charge in [-0.3, -0.25) is 6.08 Å². The Bertz CT molecular complexity index is 887. The minimum absolute atomic E-state index is 0. The summed E-state index contributed by atoms with van der Waals surface area (Å²) in [7, 11) is 0. The van der Waals surface area contributed by atoms with Crippen LogP contribution >= 0.6 is 0 Å². The number of hydrogen-bond acceptors (Lipinski definition) is 0. The molecule has 122 valence electrons. The van der Waals surface area contributed by atoms with E-state index in [0.29, 0.717) is 0 Å². The van der Waals surface area contributed by atoms with Crippen LogP contribution in [-0.2, 0) is 32.6 Å². The third kappa shape index (κ3) is 4.53. The number of halogens is 2. The molecular formula is C22H16Cl2Zr. The van der Waals surface area contributed by atoms with Gasteiger partial charge >= 0.3 is 26.2 Å². The molecule has 0 bridgehead atoms. The van der Waals surface area contributed by atoms with E-state index in [1.165, 1.54) is 33.0 Å². The molecule has 3 heteroatoms. The molecule has 0 amide bonds. The number of hydrogen-bond donors (Lipinski definition) is 0. The van der Waals surface area contributed by atoms with Crippen molar-refractivity contribution in [3.63, 3.8) is 0 Å². The van der Waals surface area contributed by atoms with Crippen molar-refractivity contribution in [3.05, 3.63) is 96.1 Å². The molecule has 0 fully saturated rings. The number of rotatable bonds is 0. The molecule has 3 aromatic carbocycles. The first-order chi connectivity index (χ1) is 10.9. The van der Waals surface area contributed by atoms with Gasteiger partial charge in [0.1, 0.15) is 0 Å². The maximum Gasteiger partial charge on any atom is 4.00 e. The van der Waals surface area contributed by atoms with Crippen LogP contribution in [0.3, 0.4) is 0 Å². The Hall–Kier alpha value is -1.14. The van der Waals surface area contributed by atoms with E-state index in [-0.39, 0.29) is 51.0 Å². The van der Waals surface area contributed by atoms with Crippen LogP contribution in [0.5, 0.6) is 0 Å². The molecule has 0 atom stereocenters. The van der Waals surface area contributed by atoms with E-state index < -0.39 is 0 Å². The van der Waals surface area contributed by atoms with E-state index in [2.05, 4.69) is 66.7 Å². The summed E-state index contributed by atoms with van der Waals surface area (Å²) >= 11 is 0. The van der Waals surface area contributed by atoms with E-state index in [1.807, 2.05) is 18.2 Å². The molecule has 0 saturated heterocycles. The molecule has 2 aliphatic carbocycles. The van der Waals surface area contributed by atoms with Crippen molar-refractivity contribution < 1.29 is 51.0 Å². The average Bonchev–Trinajstić information content (AvgIpc) is 3.26. The van der Waals surface area contributed by atoms with Crippen LogP contribution in [0.1, 0.15) is 17.5 Å². The quantitative estimate of drug-likeness (QED) is 0.323. The van der Waals surface area contributed by atoms with Gasteiger partial charge < -0.3 is 24.8 Å². The SMILES string of the molecule is [C-]1=CC=CC1.[Cl-].[Cl-].[Zr+4].[c-]1cccc2ccc3c(c12)Cc1ccccc1-3. The predicted molar refractivity (Wildman–Crippen MR) is 92.6 cm³/mol. The Morgan fingerprint density at radius 2 is 1.68 bits per heavy atom. The molecule has 0 aliphatic heterocycles. The van der Waals surface area contributed by atoms with Crippen LogP contribution in [-0.4, -0.2) is 0 Å². The Morgan fingerprint density at radius 3 is 2.40 bits per heavy atom. The van der Waals surface area contributed by atoms with Gasteiger partial charge in [0.05, 0.1) is 0 Å². The summed E-state index contributed by atoms with van der Waals surface area (Å²) in [6.45, 7) is 0. The van der Waals surface area contributed by atoms with Gasteiger partial charge in [0.15, 0.2) is 0 Å². The van der Waals surface area contributed by atoms with Gasteiger partial charge in [-0.2, -0.15) is 6.08 Å².